The van der Waals surface area contributed by atoms with E-state index >= 15 is 0 Å². The highest BCUT2D eigenvalue weighted by Crippen LogP contribution is 2.18. The van der Waals surface area contributed by atoms with Crippen molar-refractivity contribution in [2.75, 3.05) is 34.3 Å². The Morgan fingerprint density at radius 1 is 1.38 bits per heavy atom. The van der Waals surface area contributed by atoms with Gasteiger partial charge in [-0.15, -0.1) is 0 Å². The van der Waals surface area contributed by atoms with Crippen LogP contribution in [0.4, 0.5) is 0 Å². The van der Waals surface area contributed by atoms with Gasteiger partial charge in [-0.25, -0.2) is 0 Å². The number of nitrogens with zero attached hydrogens (tertiary/aromatic N) is 2. The maximum absolute atomic E-state index is 9.53. The number of methoxy groups -OCH3 is 1. The van der Waals surface area contributed by atoms with Gasteiger partial charge in [0.25, 0.3) is 0 Å². The minimum absolute atomic E-state index is 0.558. The minimum atomic E-state index is -1.44. The predicted molar refractivity (Wildman–Crippen MR) is 84.8 cm³/mol. The molecule has 2 N–H and O–H groups in total. The van der Waals surface area contributed by atoms with E-state index in [9.17, 15) is 10.0 Å². The number of likely N-dealkylation sites (tertiary alicyclic amines) is 1. The number of piperidine rings is 1. The molecule has 0 amide bonds. The summed E-state index contributed by atoms with van der Waals surface area (Å²) in [6.07, 6.45) is 2.39. The van der Waals surface area contributed by atoms with Crippen LogP contribution in [-0.4, -0.2) is 67.3 Å². The van der Waals surface area contributed by atoms with Gasteiger partial charge in [0, 0.05) is 19.1 Å². The second-order valence-corrected chi connectivity index (χ2v) is 5.93. The van der Waals surface area contributed by atoms with Crippen molar-refractivity contribution in [2.45, 2.75) is 25.4 Å². The van der Waals surface area contributed by atoms with Gasteiger partial charge in [-0.05, 0) is 56.6 Å². The minimum Gasteiger partial charge on any atom is -0.497 e. The predicted octanol–water partition coefficient (Wildman–Crippen LogP) is -0.0990. The molecule has 1 saturated heterocycles. The molecule has 1 heterocycles. The molecule has 0 radical (unpaired) electrons. The summed E-state index contributed by atoms with van der Waals surface area (Å²) < 4.78 is 5.25. The molecule has 1 aromatic carbocycles. The monoisotopic (exact) mass is 292 g/mol. The number of ether oxygens (including phenoxy) is 1. The summed E-state index contributed by atoms with van der Waals surface area (Å²) in [4.78, 5) is 4.63. The number of benzene rings is 1. The van der Waals surface area contributed by atoms with Crippen molar-refractivity contribution < 1.29 is 14.8 Å². The molecule has 1 aliphatic rings. The van der Waals surface area contributed by atoms with E-state index in [1.54, 1.807) is 19.2 Å². The Bertz CT molecular complexity index is 468. The smallest absolute Gasteiger partial charge is 0.488 e. The van der Waals surface area contributed by atoms with E-state index in [1.807, 2.05) is 6.07 Å². The molecule has 6 heteroatoms. The first kappa shape index (κ1) is 16.3. The molecule has 5 nitrogen and oxygen atoms in total. The molecule has 0 spiro atoms. The Morgan fingerprint density at radius 3 is 2.76 bits per heavy atom. The Labute approximate surface area is 127 Å². The van der Waals surface area contributed by atoms with Crippen LogP contribution in [0, 0.1) is 0 Å². The Morgan fingerprint density at radius 2 is 2.14 bits per heavy atom. The molecule has 1 atom stereocenters. The maximum Gasteiger partial charge on any atom is 0.488 e. The van der Waals surface area contributed by atoms with Crippen molar-refractivity contribution >= 4 is 12.6 Å². The second kappa shape index (κ2) is 7.27. The van der Waals surface area contributed by atoms with E-state index < -0.39 is 7.12 Å². The van der Waals surface area contributed by atoms with Crippen molar-refractivity contribution in [1.29, 1.82) is 0 Å². The third-order valence-electron chi connectivity index (χ3n) is 4.23. The van der Waals surface area contributed by atoms with Gasteiger partial charge in [0.1, 0.15) is 5.75 Å². The highest BCUT2D eigenvalue weighted by Gasteiger charge is 2.24. The van der Waals surface area contributed by atoms with Gasteiger partial charge < -0.3 is 19.7 Å². The summed E-state index contributed by atoms with van der Waals surface area (Å²) in [5.74, 6) is 0.746. The van der Waals surface area contributed by atoms with Crippen LogP contribution in [0.25, 0.3) is 0 Å². The van der Waals surface area contributed by atoms with Gasteiger partial charge in [0.15, 0.2) is 0 Å². The third kappa shape index (κ3) is 4.20. The zero-order valence-corrected chi connectivity index (χ0v) is 13.1. The fourth-order valence-corrected chi connectivity index (χ4v) is 2.94. The van der Waals surface area contributed by atoms with Gasteiger partial charge in [-0.2, -0.15) is 0 Å². The molecule has 21 heavy (non-hydrogen) atoms. The standard InChI is InChI=1S/C15H25BN2O3/c1-17(2)13-5-4-8-18(11-13)10-12-9-14(21-3)6-7-15(12)16(19)20/h6-7,9,13,19-20H,4-5,8,10-11H2,1-3H3. The van der Waals surface area contributed by atoms with Crippen molar-refractivity contribution in [3.05, 3.63) is 23.8 Å². The average Bonchev–Trinajstić information content (AvgIpc) is 2.47. The lowest BCUT2D eigenvalue weighted by molar-refractivity contribution is 0.128. The molecule has 1 aliphatic heterocycles. The van der Waals surface area contributed by atoms with Crippen LogP contribution in [0.3, 0.4) is 0 Å². The summed E-state index contributed by atoms with van der Waals surface area (Å²) in [6, 6.07) is 5.95. The van der Waals surface area contributed by atoms with Gasteiger partial charge in [-0.3, -0.25) is 4.90 Å². The largest absolute Gasteiger partial charge is 0.497 e. The highest BCUT2D eigenvalue weighted by molar-refractivity contribution is 6.59. The average molecular weight is 292 g/mol. The van der Waals surface area contributed by atoms with E-state index in [-0.39, 0.29) is 0 Å². The summed E-state index contributed by atoms with van der Waals surface area (Å²) in [6.45, 7) is 2.77. The summed E-state index contributed by atoms with van der Waals surface area (Å²) in [5, 5.41) is 19.1. The first-order valence-electron chi connectivity index (χ1n) is 7.43. The quantitative estimate of drug-likeness (QED) is 0.742. The van der Waals surface area contributed by atoms with Crippen LogP contribution in [0.5, 0.6) is 5.75 Å². The zero-order valence-electron chi connectivity index (χ0n) is 13.1. The summed E-state index contributed by atoms with van der Waals surface area (Å²) >= 11 is 0. The van der Waals surface area contributed by atoms with Crippen molar-refractivity contribution in [3.63, 3.8) is 0 Å². The zero-order chi connectivity index (χ0) is 15.4. The molecule has 0 aromatic heterocycles. The van der Waals surface area contributed by atoms with Gasteiger partial charge in [-0.1, -0.05) is 6.07 Å². The lowest BCUT2D eigenvalue weighted by Gasteiger charge is -2.36. The molecule has 1 unspecified atom stereocenters. The lowest BCUT2D eigenvalue weighted by Crippen LogP contribution is -2.45. The van der Waals surface area contributed by atoms with Crippen LogP contribution < -0.4 is 10.2 Å². The third-order valence-corrected chi connectivity index (χ3v) is 4.23. The second-order valence-electron chi connectivity index (χ2n) is 5.93. The van der Waals surface area contributed by atoms with Crippen LogP contribution in [0.2, 0.25) is 0 Å². The maximum atomic E-state index is 9.53. The molecule has 0 saturated carbocycles. The first-order chi connectivity index (χ1) is 10.0. The lowest BCUT2D eigenvalue weighted by atomic mass is 9.76. The van der Waals surface area contributed by atoms with E-state index in [1.165, 1.54) is 12.8 Å². The molecular weight excluding hydrogens is 267 g/mol. The number of rotatable bonds is 5. The topological polar surface area (TPSA) is 56.2 Å². The number of hydrogen-bond donors (Lipinski definition) is 2. The molecule has 0 aliphatic carbocycles. The summed E-state index contributed by atoms with van der Waals surface area (Å²) in [5.41, 5.74) is 1.48. The van der Waals surface area contributed by atoms with Crippen LogP contribution in [-0.2, 0) is 6.54 Å². The molecule has 116 valence electrons. The van der Waals surface area contributed by atoms with Crippen molar-refractivity contribution in [1.82, 2.24) is 9.80 Å². The van der Waals surface area contributed by atoms with Crippen molar-refractivity contribution in [2.24, 2.45) is 0 Å². The van der Waals surface area contributed by atoms with E-state index in [0.29, 0.717) is 18.0 Å². The van der Waals surface area contributed by atoms with Crippen LogP contribution in [0.15, 0.2) is 18.2 Å². The van der Waals surface area contributed by atoms with Gasteiger partial charge in [0.05, 0.1) is 7.11 Å². The van der Waals surface area contributed by atoms with Crippen LogP contribution >= 0.6 is 0 Å². The Balaban J connectivity index is 2.13. The van der Waals surface area contributed by atoms with Gasteiger partial charge in [0.2, 0.25) is 0 Å². The van der Waals surface area contributed by atoms with E-state index in [4.69, 9.17) is 4.74 Å². The fourth-order valence-electron chi connectivity index (χ4n) is 2.94. The fraction of sp³-hybridized carbons (Fsp3) is 0.600. The van der Waals surface area contributed by atoms with E-state index in [2.05, 4.69) is 23.9 Å². The molecule has 1 aromatic rings. The molecule has 2 rings (SSSR count). The first-order valence-corrected chi connectivity index (χ1v) is 7.43. The Kier molecular flexibility index (Phi) is 5.64. The van der Waals surface area contributed by atoms with Crippen LogP contribution in [0.1, 0.15) is 18.4 Å². The van der Waals surface area contributed by atoms with Crippen molar-refractivity contribution in [3.8, 4) is 5.75 Å². The SMILES string of the molecule is COc1ccc(B(O)O)c(CN2CCCC(N(C)C)C2)c1. The normalized spacial score (nSPS) is 19.8. The summed E-state index contributed by atoms with van der Waals surface area (Å²) in [7, 11) is 4.41. The van der Waals surface area contributed by atoms with E-state index in [0.717, 1.165) is 24.4 Å². The Hall–Kier alpha value is -1.08. The number of likely N-dealkylation sites (N-methyl/N-ethyl adjacent to an activating group) is 1. The molecule has 0 bridgehead atoms. The van der Waals surface area contributed by atoms with Gasteiger partial charge >= 0.3 is 7.12 Å². The molecule has 1 fully saturated rings. The number of hydrogen-bond acceptors (Lipinski definition) is 5. The highest BCUT2D eigenvalue weighted by atomic mass is 16.5. The molecular formula is C15H25BN2O3.